The highest BCUT2D eigenvalue weighted by molar-refractivity contribution is 5.96. The molecule has 6 rings (SSSR count). The average molecular weight is 662 g/mol. The van der Waals surface area contributed by atoms with Crippen LogP contribution in [0.2, 0.25) is 0 Å². The molecule has 2 saturated heterocycles. The van der Waals surface area contributed by atoms with Gasteiger partial charge in [-0.2, -0.15) is 5.10 Å². The Morgan fingerprint density at radius 3 is 2.40 bits per heavy atom. The van der Waals surface area contributed by atoms with Crippen molar-refractivity contribution in [1.29, 1.82) is 0 Å². The van der Waals surface area contributed by atoms with E-state index < -0.39 is 11.6 Å². The molecule has 2 aromatic heterocycles. The van der Waals surface area contributed by atoms with Gasteiger partial charge in [0, 0.05) is 80.6 Å². The Morgan fingerprint density at radius 2 is 1.65 bits per heavy atom. The molecular weight excluding hydrogens is 620 g/mol. The summed E-state index contributed by atoms with van der Waals surface area (Å²) >= 11 is 0. The maximum absolute atomic E-state index is 13.6. The number of ether oxygens (including phenoxy) is 3. The van der Waals surface area contributed by atoms with Gasteiger partial charge < -0.3 is 24.4 Å². The molecule has 2 aliphatic rings. The van der Waals surface area contributed by atoms with Crippen LogP contribution in [-0.2, 0) is 16.0 Å². The van der Waals surface area contributed by atoms with E-state index in [1.54, 1.807) is 19.5 Å². The molecule has 4 heterocycles. The number of unbranched alkanes of at least 4 members (excludes halogenated alkanes) is 1. The van der Waals surface area contributed by atoms with E-state index in [2.05, 4.69) is 25.2 Å². The second-order valence-corrected chi connectivity index (χ2v) is 12.0. The molecule has 254 valence electrons. The predicted octanol–water partition coefficient (Wildman–Crippen LogP) is 4.15. The Labute approximate surface area is 278 Å². The number of fused-ring (bicyclic) bond motifs is 1. The third-order valence-electron chi connectivity index (χ3n) is 8.71. The number of aromatic nitrogens is 3. The van der Waals surface area contributed by atoms with Crippen molar-refractivity contribution in [2.24, 2.45) is 0 Å². The van der Waals surface area contributed by atoms with E-state index in [1.807, 2.05) is 29.2 Å². The number of morpholine rings is 1. The van der Waals surface area contributed by atoms with E-state index in [0.717, 1.165) is 85.7 Å². The molecule has 0 unspecified atom stereocenters. The summed E-state index contributed by atoms with van der Waals surface area (Å²) in [5.41, 5.74) is 2.11. The first kappa shape index (κ1) is 33.4. The fourth-order valence-electron chi connectivity index (χ4n) is 6.07. The van der Waals surface area contributed by atoms with Crippen molar-refractivity contribution in [2.45, 2.75) is 19.3 Å². The molecule has 0 aliphatic carbocycles. The van der Waals surface area contributed by atoms with Crippen molar-refractivity contribution in [3.63, 3.8) is 0 Å². The minimum Gasteiger partial charge on any atom is -0.493 e. The second kappa shape index (κ2) is 16.1. The van der Waals surface area contributed by atoms with Crippen molar-refractivity contribution in [3.05, 3.63) is 77.8 Å². The zero-order valence-corrected chi connectivity index (χ0v) is 27.2. The van der Waals surface area contributed by atoms with Crippen LogP contribution < -0.4 is 19.7 Å². The number of nitrogens with one attached hydrogen (secondary N) is 1. The van der Waals surface area contributed by atoms with Gasteiger partial charge in [-0.15, -0.1) is 5.10 Å². The molecule has 11 nitrogen and oxygen atoms in total. The molecule has 0 radical (unpaired) electrons. The Kier molecular flexibility index (Phi) is 11.2. The Hall–Kier alpha value is -4.46. The first-order valence-electron chi connectivity index (χ1n) is 16.4. The SMILES string of the molecule is COc1cc2c(Cc3ccncc3)nnc(N3CCN(CC(=O)Nc4ccc(F)c(F)c4)CC3)c2cc1OCCCCN1CCOCC1. The third kappa shape index (κ3) is 8.52. The molecule has 13 heteroatoms. The summed E-state index contributed by atoms with van der Waals surface area (Å²) < 4.78 is 44.4. The summed E-state index contributed by atoms with van der Waals surface area (Å²) in [7, 11) is 1.65. The van der Waals surface area contributed by atoms with Crippen molar-refractivity contribution in [2.75, 3.05) is 89.5 Å². The number of nitrogens with zero attached hydrogens (tertiary/aromatic N) is 6. The van der Waals surface area contributed by atoms with Crippen LogP contribution in [0, 0.1) is 11.6 Å². The number of carbonyl (C=O) groups excluding carboxylic acids is 1. The normalized spacial score (nSPS) is 15.9. The number of hydrogen-bond donors (Lipinski definition) is 1. The van der Waals surface area contributed by atoms with Gasteiger partial charge in [0.15, 0.2) is 29.0 Å². The molecular formula is C35H41F2N7O4. The fraction of sp³-hybridized carbons (Fsp3) is 0.429. The van der Waals surface area contributed by atoms with Gasteiger partial charge in [0.25, 0.3) is 0 Å². The number of methoxy groups -OCH3 is 1. The molecule has 0 bridgehead atoms. The van der Waals surface area contributed by atoms with Crippen molar-refractivity contribution >= 4 is 28.2 Å². The number of piperazine rings is 1. The predicted molar refractivity (Wildman–Crippen MR) is 179 cm³/mol. The molecule has 2 aromatic carbocycles. The minimum atomic E-state index is -1.00. The largest absolute Gasteiger partial charge is 0.493 e. The van der Waals surface area contributed by atoms with Gasteiger partial charge in [0.05, 0.1) is 39.2 Å². The summed E-state index contributed by atoms with van der Waals surface area (Å²) in [5, 5.41) is 13.9. The van der Waals surface area contributed by atoms with Crippen LogP contribution in [-0.4, -0.2) is 110 Å². The lowest BCUT2D eigenvalue weighted by molar-refractivity contribution is -0.117. The van der Waals surface area contributed by atoms with Gasteiger partial charge >= 0.3 is 0 Å². The number of hydrogen-bond acceptors (Lipinski definition) is 10. The van der Waals surface area contributed by atoms with Crippen LogP contribution in [0.4, 0.5) is 20.3 Å². The van der Waals surface area contributed by atoms with Crippen molar-refractivity contribution in [3.8, 4) is 11.5 Å². The van der Waals surface area contributed by atoms with E-state index in [9.17, 15) is 13.6 Å². The standard InChI is InChI=1S/C35H41F2N7O4/c1-46-32-22-27-28(23-33(32)48-17-3-2-10-42-15-18-47-19-16-42)35(41-40-31(27)20-25-6-8-38-9-7-25)44-13-11-43(12-14-44)24-34(45)39-26-4-5-29(36)30(37)21-26/h4-9,21-23H,2-3,10-20,24H2,1H3,(H,39,45). The van der Waals surface area contributed by atoms with Gasteiger partial charge in [-0.1, -0.05) is 0 Å². The van der Waals surface area contributed by atoms with E-state index >= 15 is 0 Å². The maximum atomic E-state index is 13.6. The van der Waals surface area contributed by atoms with Gasteiger partial charge in [0.2, 0.25) is 5.91 Å². The number of pyridine rings is 1. The van der Waals surface area contributed by atoms with Crippen LogP contribution in [0.15, 0.2) is 54.9 Å². The fourth-order valence-corrected chi connectivity index (χ4v) is 6.07. The highest BCUT2D eigenvalue weighted by atomic mass is 19.2. The first-order chi connectivity index (χ1) is 23.5. The Bertz CT molecular complexity index is 1680. The number of rotatable bonds is 13. The first-order valence-corrected chi connectivity index (χ1v) is 16.4. The quantitative estimate of drug-likeness (QED) is 0.210. The minimum absolute atomic E-state index is 0.130. The zero-order chi connectivity index (χ0) is 33.3. The van der Waals surface area contributed by atoms with Crippen LogP contribution in [0.25, 0.3) is 10.8 Å². The maximum Gasteiger partial charge on any atom is 0.238 e. The summed E-state index contributed by atoms with van der Waals surface area (Å²) in [6.45, 7) is 7.72. The lowest BCUT2D eigenvalue weighted by atomic mass is 10.0. The van der Waals surface area contributed by atoms with Gasteiger partial charge in [-0.3, -0.25) is 19.6 Å². The molecule has 2 fully saturated rings. The topological polar surface area (TPSA) is 105 Å². The lowest BCUT2D eigenvalue weighted by Gasteiger charge is -2.35. The Balaban J connectivity index is 1.16. The molecule has 1 amide bonds. The van der Waals surface area contributed by atoms with Crippen LogP contribution in [0.5, 0.6) is 11.5 Å². The van der Waals surface area contributed by atoms with Crippen LogP contribution in [0.1, 0.15) is 24.1 Å². The number of anilines is 2. The van der Waals surface area contributed by atoms with Crippen molar-refractivity contribution in [1.82, 2.24) is 25.0 Å². The molecule has 0 spiro atoms. The van der Waals surface area contributed by atoms with Crippen molar-refractivity contribution < 1.29 is 27.8 Å². The Morgan fingerprint density at radius 1 is 0.875 bits per heavy atom. The number of halogens is 2. The summed E-state index contributed by atoms with van der Waals surface area (Å²) in [6.07, 6.45) is 6.06. The third-order valence-corrected chi connectivity index (χ3v) is 8.71. The van der Waals surface area contributed by atoms with E-state index in [4.69, 9.17) is 19.3 Å². The lowest BCUT2D eigenvalue weighted by Crippen LogP contribution is -2.49. The molecule has 0 atom stereocenters. The number of amides is 1. The number of benzene rings is 2. The highest BCUT2D eigenvalue weighted by Gasteiger charge is 2.24. The van der Waals surface area contributed by atoms with E-state index in [0.29, 0.717) is 50.7 Å². The average Bonchev–Trinajstić information content (AvgIpc) is 3.11. The van der Waals surface area contributed by atoms with Gasteiger partial charge in [-0.25, -0.2) is 8.78 Å². The second-order valence-electron chi connectivity index (χ2n) is 12.0. The zero-order valence-electron chi connectivity index (χ0n) is 27.2. The summed E-state index contributed by atoms with van der Waals surface area (Å²) in [4.78, 5) is 23.4. The molecule has 1 N–H and O–H groups in total. The van der Waals surface area contributed by atoms with Crippen LogP contribution >= 0.6 is 0 Å². The monoisotopic (exact) mass is 661 g/mol. The smallest absolute Gasteiger partial charge is 0.238 e. The van der Waals surface area contributed by atoms with Gasteiger partial charge in [0.1, 0.15) is 0 Å². The molecule has 0 saturated carbocycles. The van der Waals surface area contributed by atoms with E-state index in [-0.39, 0.29) is 18.1 Å². The van der Waals surface area contributed by atoms with Gasteiger partial charge in [-0.05, 0) is 61.3 Å². The van der Waals surface area contributed by atoms with Crippen LogP contribution in [0.3, 0.4) is 0 Å². The summed E-state index contributed by atoms with van der Waals surface area (Å²) in [6, 6.07) is 11.3. The highest BCUT2D eigenvalue weighted by Crippen LogP contribution is 2.38. The number of carbonyl (C=O) groups is 1. The summed E-state index contributed by atoms with van der Waals surface area (Å²) in [5.74, 6) is -0.207. The molecule has 2 aliphatic heterocycles. The van der Waals surface area contributed by atoms with E-state index in [1.165, 1.54) is 6.07 Å². The molecule has 48 heavy (non-hydrogen) atoms. The molecule has 4 aromatic rings.